The van der Waals surface area contributed by atoms with Crippen molar-refractivity contribution in [2.75, 3.05) is 19.0 Å². The Labute approximate surface area is 118 Å². The predicted octanol–water partition coefficient (Wildman–Crippen LogP) is 4.17. The number of rotatable bonds is 6. The Bertz CT molecular complexity index is 373. The lowest BCUT2D eigenvalue weighted by atomic mass is 9.90. The quantitative estimate of drug-likeness (QED) is 0.734. The van der Waals surface area contributed by atoms with E-state index in [1.807, 2.05) is 18.2 Å². The number of ether oxygens (including phenoxy) is 2. The first kappa shape index (κ1) is 13.9. The summed E-state index contributed by atoms with van der Waals surface area (Å²) in [5.74, 6) is 0.896. The first-order valence-corrected chi connectivity index (χ1v) is 7.67. The van der Waals surface area contributed by atoms with Gasteiger partial charge in [-0.3, -0.25) is 0 Å². The smallest absolute Gasteiger partial charge is 0.119 e. The van der Waals surface area contributed by atoms with Gasteiger partial charge in [0.2, 0.25) is 0 Å². The molecule has 0 amide bonds. The van der Waals surface area contributed by atoms with Crippen molar-refractivity contribution in [1.29, 1.82) is 0 Å². The normalized spacial score (nSPS) is 17.9. The largest absolute Gasteiger partial charge is 0.497 e. The van der Waals surface area contributed by atoms with Crippen LogP contribution in [0.25, 0.3) is 0 Å². The molecule has 3 heteroatoms. The molecular formula is C15H21BrO2. The van der Waals surface area contributed by atoms with Crippen LogP contribution in [0.4, 0.5) is 0 Å². The second-order valence-corrected chi connectivity index (χ2v) is 5.75. The molecule has 2 nitrogen and oxygen atoms in total. The summed E-state index contributed by atoms with van der Waals surface area (Å²) in [6.07, 6.45) is 5.26. The molecule has 0 N–H and O–H groups in total. The van der Waals surface area contributed by atoms with Crippen molar-refractivity contribution in [3.63, 3.8) is 0 Å². The minimum Gasteiger partial charge on any atom is -0.497 e. The molecule has 1 aliphatic carbocycles. The van der Waals surface area contributed by atoms with Crippen LogP contribution in [-0.2, 0) is 11.3 Å². The fourth-order valence-electron chi connectivity index (χ4n) is 2.59. The van der Waals surface area contributed by atoms with Crippen LogP contribution in [0.5, 0.6) is 5.75 Å². The average molecular weight is 313 g/mol. The van der Waals surface area contributed by atoms with Crippen molar-refractivity contribution in [3.05, 3.63) is 29.8 Å². The Kier molecular flexibility index (Phi) is 5.07. The highest BCUT2D eigenvalue weighted by Crippen LogP contribution is 2.39. The van der Waals surface area contributed by atoms with Gasteiger partial charge in [0.15, 0.2) is 0 Å². The third-order valence-electron chi connectivity index (χ3n) is 3.76. The zero-order valence-corrected chi connectivity index (χ0v) is 12.5. The molecule has 0 saturated heterocycles. The van der Waals surface area contributed by atoms with E-state index in [2.05, 4.69) is 22.0 Å². The van der Waals surface area contributed by atoms with Crippen LogP contribution in [0.2, 0.25) is 0 Å². The van der Waals surface area contributed by atoms with Gasteiger partial charge >= 0.3 is 0 Å². The molecular weight excluding hydrogens is 292 g/mol. The number of benzene rings is 1. The summed E-state index contributed by atoms with van der Waals surface area (Å²) in [4.78, 5) is 0. The van der Waals surface area contributed by atoms with E-state index in [1.54, 1.807) is 7.11 Å². The fraction of sp³-hybridized carbons (Fsp3) is 0.600. The van der Waals surface area contributed by atoms with Crippen LogP contribution in [0.3, 0.4) is 0 Å². The Morgan fingerprint density at radius 1 is 1.28 bits per heavy atom. The Morgan fingerprint density at radius 2 is 2.06 bits per heavy atom. The molecule has 0 spiro atoms. The van der Waals surface area contributed by atoms with E-state index in [9.17, 15) is 0 Å². The molecule has 1 saturated carbocycles. The van der Waals surface area contributed by atoms with Gasteiger partial charge in [-0.25, -0.2) is 0 Å². The molecule has 100 valence electrons. The van der Waals surface area contributed by atoms with Crippen LogP contribution < -0.4 is 4.74 Å². The van der Waals surface area contributed by atoms with Gasteiger partial charge in [-0.1, -0.05) is 40.9 Å². The number of methoxy groups -OCH3 is 1. The molecule has 1 aromatic rings. The Hall–Kier alpha value is -0.540. The number of hydrogen-bond donors (Lipinski definition) is 0. The van der Waals surface area contributed by atoms with Crippen LogP contribution in [-0.4, -0.2) is 19.0 Å². The summed E-state index contributed by atoms with van der Waals surface area (Å²) >= 11 is 3.64. The van der Waals surface area contributed by atoms with Crippen molar-refractivity contribution in [2.45, 2.75) is 32.3 Å². The zero-order chi connectivity index (χ0) is 12.8. The van der Waals surface area contributed by atoms with Gasteiger partial charge in [0.05, 0.1) is 20.3 Å². The zero-order valence-electron chi connectivity index (χ0n) is 11.0. The Balaban J connectivity index is 1.84. The summed E-state index contributed by atoms with van der Waals surface area (Å²) in [5, 5.41) is 1.05. The first-order valence-electron chi connectivity index (χ1n) is 6.55. The second kappa shape index (κ2) is 6.58. The number of alkyl halides is 1. The molecule has 1 fully saturated rings. The van der Waals surface area contributed by atoms with Crippen LogP contribution in [0, 0.1) is 5.41 Å². The number of hydrogen-bond acceptors (Lipinski definition) is 2. The summed E-state index contributed by atoms with van der Waals surface area (Å²) in [6, 6.07) is 8.08. The first-order chi connectivity index (χ1) is 8.78. The minimum atomic E-state index is 0.374. The topological polar surface area (TPSA) is 18.5 Å². The van der Waals surface area contributed by atoms with Crippen LogP contribution >= 0.6 is 15.9 Å². The SMILES string of the molecule is COc1cccc(COCC2(CBr)CCCC2)c1. The van der Waals surface area contributed by atoms with Crippen molar-refractivity contribution >= 4 is 15.9 Å². The maximum Gasteiger partial charge on any atom is 0.119 e. The maximum atomic E-state index is 5.91. The maximum absolute atomic E-state index is 5.91. The van der Waals surface area contributed by atoms with E-state index in [0.29, 0.717) is 12.0 Å². The van der Waals surface area contributed by atoms with Gasteiger partial charge in [-0.05, 0) is 30.5 Å². The molecule has 0 radical (unpaired) electrons. The third kappa shape index (κ3) is 3.48. The number of halogens is 1. The van der Waals surface area contributed by atoms with Crippen molar-refractivity contribution in [1.82, 2.24) is 0 Å². The lowest BCUT2D eigenvalue weighted by Crippen LogP contribution is -2.25. The highest BCUT2D eigenvalue weighted by Gasteiger charge is 2.32. The van der Waals surface area contributed by atoms with Gasteiger partial charge in [-0.15, -0.1) is 0 Å². The molecule has 0 atom stereocenters. The van der Waals surface area contributed by atoms with E-state index in [-0.39, 0.29) is 0 Å². The molecule has 2 rings (SSSR count). The summed E-state index contributed by atoms with van der Waals surface area (Å²) in [6.45, 7) is 1.53. The van der Waals surface area contributed by atoms with E-state index < -0.39 is 0 Å². The standard InChI is InChI=1S/C15H21BrO2/c1-17-14-6-4-5-13(9-14)10-18-12-15(11-16)7-2-3-8-15/h4-6,9H,2-3,7-8,10-12H2,1H3. The van der Waals surface area contributed by atoms with E-state index in [0.717, 1.165) is 17.7 Å². The molecule has 1 aliphatic rings. The molecule has 0 aliphatic heterocycles. The molecule has 0 bridgehead atoms. The Morgan fingerprint density at radius 3 is 2.72 bits per heavy atom. The molecule has 18 heavy (non-hydrogen) atoms. The fourth-order valence-corrected chi connectivity index (χ4v) is 3.31. The third-order valence-corrected chi connectivity index (χ3v) is 4.95. The van der Waals surface area contributed by atoms with Gasteiger partial charge in [0, 0.05) is 10.7 Å². The van der Waals surface area contributed by atoms with Gasteiger partial charge in [0.25, 0.3) is 0 Å². The van der Waals surface area contributed by atoms with Crippen LogP contribution in [0.1, 0.15) is 31.2 Å². The molecule has 0 heterocycles. The highest BCUT2D eigenvalue weighted by atomic mass is 79.9. The highest BCUT2D eigenvalue weighted by molar-refractivity contribution is 9.09. The minimum absolute atomic E-state index is 0.374. The van der Waals surface area contributed by atoms with E-state index >= 15 is 0 Å². The van der Waals surface area contributed by atoms with Crippen molar-refractivity contribution in [2.24, 2.45) is 5.41 Å². The average Bonchev–Trinajstić information content (AvgIpc) is 2.88. The van der Waals surface area contributed by atoms with Crippen molar-refractivity contribution < 1.29 is 9.47 Å². The second-order valence-electron chi connectivity index (χ2n) is 5.19. The van der Waals surface area contributed by atoms with E-state index in [4.69, 9.17) is 9.47 Å². The molecule has 0 aromatic heterocycles. The van der Waals surface area contributed by atoms with Gasteiger partial charge in [-0.2, -0.15) is 0 Å². The van der Waals surface area contributed by atoms with E-state index in [1.165, 1.54) is 31.2 Å². The lowest BCUT2D eigenvalue weighted by Gasteiger charge is -2.26. The van der Waals surface area contributed by atoms with Crippen LogP contribution in [0.15, 0.2) is 24.3 Å². The summed E-state index contributed by atoms with van der Waals surface area (Å²) < 4.78 is 11.1. The van der Waals surface area contributed by atoms with Gasteiger partial charge < -0.3 is 9.47 Å². The lowest BCUT2D eigenvalue weighted by molar-refractivity contribution is 0.0486. The van der Waals surface area contributed by atoms with Gasteiger partial charge in [0.1, 0.15) is 5.75 Å². The molecule has 0 unspecified atom stereocenters. The predicted molar refractivity (Wildman–Crippen MR) is 77.3 cm³/mol. The summed E-state index contributed by atoms with van der Waals surface area (Å²) in [7, 11) is 1.69. The summed E-state index contributed by atoms with van der Waals surface area (Å²) in [5.41, 5.74) is 1.55. The molecule has 1 aromatic carbocycles. The van der Waals surface area contributed by atoms with Crippen molar-refractivity contribution in [3.8, 4) is 5.75 Å². The monoisotopic (exact) mass is 312 g/mol.